The molecule has 0 unspecified atom stereocenters. The van der Waals surface area contributed by atoms with E-state index in [0.29, 0.717) is 29.6 Å². The zero-order chi connectivity index (χ0) is 18.7. The molecular formula is C19H14F2N2O3. The van der Waals surface area contributed by atoms with Crippen LogP contribution in [0.2, 0.25) is 0 Å². The molecule has 0 bridgehead atoms. The molecule has 5 nitrogen and oxygen atoms in total. The average Bonchev–Trinajstić information content (AvgIpc) is 2.61. The third kappa shape index (κ3) is 4.18. The van der Waals surface area contributed by atoms with Crippen molar-refractivity contribution in [2.75, 3.05) is 0 Å². The Labute approximate surface area is 147 Å². The van der Waals surface area contributed by atoms with Gasteiger partial charge in [0.25, 0.3) is 0 Å². The van der Waals surface area contributed by atoms with Crippen molar-refractivity contribution in [2.45, 2.75) is 13.0 Å². The van der Waals surface area contributed by atoms with Gasteiger partial charge < -0.3 is 9.84 Å². The maximum Gasteiger partial charge on any atom is 0.394 e. The normalized spacial score (nSPS) is 11.2. The quantitative estimate of drug-likeness (QED) is 0.729. The van der Waals surface area contributed by atoms with Crippen LogP contribution in [0.4, 0.5) is 8.78 Å². The van der Waals surface area contributed by atoms with Gasteiger partial charge in [0.2, 0.25) is 0 Å². The van der Waals surface area contributed by atoms with Crippen LogP contribution in [0.5, 0.6) is 5.75 Å². The molecule has 0 amide bonds. The number of hydrogen-bond donors (Lipinski definition) is 1. The van der Waals surface area contributed by atoms with Gasteiger partial charge in [-0.15, -0.1) is 0 Å². The lowest BCUT2D eigenvalue weighted by Gasteiger charge is -2.13. The molecule has 2 aromatic carbocycles. The second-order valence-electron chi connectivity index (χ2n) is 5.58. The van der Waals surface area contributed by atoms with E-state index in [1.54, 1.807) is 36.5 Å². The second kappa shape index (κ2) is 6.87. The summed E-state index contributed by atoms with van der Waals surface area (Å²) in [4.78, 5) is 19.6. The minimum Gasteiger partial charge on any atom is -0.478 e. The first kappa shape index (κ1) is 17.5. The third-order valence-electron chi connectivity index (χ3n) is 3.49. The van der Waals surface area contributed by atoms with Crippen LogP contribution in [-0.4, -0.2) is 27.2 Å². The smallest absolute Gasteiger partial charge is 0.394 e. The van der Waals surface area contributed by atoms with Crippen molar-refractivity contribution >= 4 is 5.97 Å². The van der Waals surface area contributed by atoms with Gasteiger partial charge >= 0.3 is 12.1 Å². The Hall–Kier alpha value is -3.35. The Morgan fingerprint density at radius 3 is 2.19 bits per heavy atom. The molecule has 0 aliphatic carbocycles. The predicted octanol–water partition coefficient (Wildman–Crippen LogP) is 4.50. The van der Waals surface area contributed by atoms with Gasteiger partial charge in [0.15, 0.2) is 5.82 Å². The number of carboxylic acid groups (broad SMARTS) is 1. The van der Waals surface area contributed by atoms with Crippen LogP contribution in [-0.2, 0) is 0 Å². The number of rotatable bonds is 5. The molecule has 7 heteroatoms. The molecule has 0 spiro atoms. The highest BCUT2D eigenvalue weighted by Crippen LogP contribution is 2.26. The molecule has 1 aromatic heterocycles. The fraction of sp³-hybridized carbons (Fsp3) is 0.105. The monoisotopic (exact) mass is 356 g/mol. The summed E-state index contributed by atoms with van der Waals surface area (Å²) in [6.07, 6.45) is -1.67. The second-order valence-corrected chi connectivity index (χ2v) is 5.58. The van der Waals surface area contributed by atoms with Crippen LogP contribution < -0.4 is 4.74 Å². The maximum atomic E-state index is 12.9. The molecule has 3 rings (SSSR count). The summed E-state index contributed by atoms with van der Waals surface area (Å²) in [5.41, 5.74) is 2.16. The Balaban J connectivity index is 1.86. The Morgan fingerprint density at radius 1 is 1.00 bits per heavy atom. The fourth-order valence-corrected chi connectivity index (χ4v) is 2.32. The van der Waals surface area contributed by atoms with Crippen LogP contribution in [0, 0.1) is 0 Å². The van der Waals surface area contributed by atoms with Gasteiger partial charge in [0.05, 0.1) is 11.3 Å². The molecule has 0 saturated heterocycles. The Kier molecular flexibility index (Phi) is 4.62. The van der Waals surface area contributed by atoms with Gasteiger partial charge in [-0.25, -0.2) is 14.8 Å². The van der Waals surface area contributed by atoms with Gasteiger partial charge in [-0.3, -0.25) is 0 Å². The van der Waals surface area contributed by atoms with Crippen LogP contribution in [0.15, 0.2) is 60.8 Å². The number of nitrogens with zero attached hydrogens (tertiary/aromatic N) is 2. The summed E-state index contributed by atoms with van der Waals surface area (Å²) in [5.74, 6) is -0.522. The van der Waals surface area contributed by atoms with Crippen molar-refractivity contribution in [3.8, 4) is 28.4 Å². The standard InChI is InChI=1S/C19H14F2N2O3/c1-19(20,21)26-15-8-6-12(7-9-15)16-10-11-22-17(23-16)13-2-4-14(5-3-13)18(24)25/h2-11H,1H3,(H,24,25). The molecule has 0 aliphatic rings. The third-order valence-corrected chi connectivity index (χ3v) is 3.49. The lowest BCUT2D eigenvalue weighted by molar-refractivity contribution is -0.158. The molecule has 1 heterocycles. The molecule has 0 saturated carbocycles. The first-order chi connectivity index (χ1) is 12.3. The summed E-state index contributed by atoms with van der Waals surface area (Å²) >= 11 is 0. The van der Waals surface area contributed by atoms with E-state index >= 15 is 0 Å². The number of alkyl halides is 2. The summed E-state index contributed by atoms with van der Waals surface area (Å²) in [5, 5.41) is 8.94. The topological polar surface area (TPSA) is 72.3 Å². The molecule has 0 fully saturated rings. The number of carboxylic acids is 1. The largest absolute Gasteiger partial charge is 0.478 e. The molecule has 0 aliphatic heterocycles. The molecule has 1 N–H and O–H groups in total. The van der Waals surface area contributed by atoms with Gasteiger partial charge in [0, 0.05) is 24.2 Å². The Bertz CT molecular complexity index is 921. The number of hydrogen-bond acceptors (Lipinski definition) is 4. The number of aromatic nitrogens is 2. The van der Waals surface area contributed by atoms with E-state index in [1.807, 2.05) is 0 Å². The number of halogens is 2. The maximum absolute atomic E-state index is 12.9. The predicted molar refractivity (Wildman–Crippen MR) is 91.1 cm³/mol. The van der Waals surface area contributed by atoms with E-state index in [-0.39, 0.29) is 11.3 Å². The van der Waals surface area contributed by atoms with Crippen molar-refractivity contribution in [2.24, 2.45) is 0 Å². The average molecular weight is 356 g/mol. The van der Waals surface area contributed by atoms with E-state index < -0.39 is 12.1 Å². The van der Waals surface area contributed by atoms with Gasteiger partial charge in [0.1, 0.15) is 5.75 Å². The summed E-state index contributed by atoms with van der Waals surface area (Å²) in [6, 6.07) is 14.0. The van der Waals surface area contributed by atoms with Crippen molar-refractivity contribution in [1.82, 2.24) is 9.97 Å². The van der Waals surface area contributed by atoms with Crippen molar-refractivity contribution in [3.05, 3.63) is 66.4 Å². The first-order valence-corrected chi connectivity index (χ1v) is 7.66. The number of ether oxygens (including phenoxy) is 1. The molecule has 0 atom stereocenters. The van der Waals surface area contributed by atoms with Gasteiger partial charge in [-0.1, -0.05) is 12.1 Å². The number of benzene rings is 2. The van der Waals surface area contributed by atoms with E-state index in [2.05, 4.69) is 14.7 Å². The SMILES string of the molecule is CC(F)(F)Oc1ccc(-c2ccnc(-c3ccc(C(=O)O)cc3)n2)cc1. The van der Waals surface area contributed by atoms with E-state index in [0.717, 1.165) is 0 Å². The zero-order valence-corrected chi connectivity index (χ0v) is 13.7. The van der Waals surface area contributed by atoms with Crippen molar-refractivity contribution in [1.29, 1.82) is 0 Å². The lowest BCUT2D eigenvalue weighted by atomic mass is 10.1. The first-order valence-electron chi connectivity index (χ1n) is 7.66. The van der Waals surface area contributed by atoms with Crippen LogP contribution in [0.3, 0.4) is 0 Å². The van der Waals surface area contributed by atoms with Crippen molar-refractivity contribution in [3.63, 3.8) is 0 Å². The molecule has 3 aromatic rings. The summed E-state index contributed by atoms with van der Waals surface area (Å²) in [6.45, 7) is 0.674. The van der Waals surface area contributed by atoms with Crippen LogP contribution in [0.1, 0.15) is 17.3 Å². The van der Waals surface area contributed by atoms with E-state index in [1.165, 1.54) is 24.3 Å². The zero-order valence-electron chi connectivity index (χ0n) is 13.7. The Morgan fingerprint density at radius 2 is 1.62 bits per heavy atom. The van der Waals surface area contributed by atoms with Gasteiger partial charge in [-0.05, 0) is 42.5 Å². The van der Waals surface area contributed by atoms with Crippen molar-refractivity contribution < 1.29 is 23.4 Å². The highest BCUT2D eigenvalue weighted by Gasteiger charge is 2.22. The minimum atomic E-state index is -3.24. The lowest BCUT2D eigenvalue weighted by Crippen LogP contribution is -2.18. The van der Waals surface area contributed by atoms with Gasteiger partial charge in [-0.2, -0.15) is 8.78 Å². The number of aromatic carboxylic acids is 1. The molecular weight excluding hydrogens is 342 g/mol. The van der Waals surface area contributed by atoms with Crippen LogP contribution in [0.25, 0.3) is 22.6 Å². The highest BCUT2D eigenvalue weighted by molar-refractivity contribution is 5.88. The molecule has 26 heavy (non-hydrogen) atoms. The van der Waals surface area contributed by atoms with E-state index in [4.69, 9.17) is 5.11 Å². The number of carbonyl (C=O) groups is 1. The van der Waals surface area contributed by atoms with Crippen LogP contribution >= 0.6 is 0 Å². The highest BCUT2D eigenvalue weighted by atomic mass is 19.3. The van der Waals surface area contributed by atoms with E-state index in [9.17, 15) is 13.6 Å². The molecule has 132 valence electrons. The fourth-order valence-electron chi connectivity index (χ4n) is 2.32. The summed E-state index contributed by atoms with van der Waals surface area (Å²) in [7, 11) is 0. The minimum absolute atomic E-state index is 0.0554. The molecule has 0 radical (unpaired) electrons. The summed E-state index contributed by atoms with van der Waals surface area (Å²) < 4.78 is 30.2.